The molecule has 2 heterocycles. The number of thiophene rings is 1. The Hall–Kier alpha value is -0.800. The van der Waals surface area contributed by atoms with Crippen molar-refractivity contribution in [1.82, 2.24) is 4.98 Å². The highest BCUT2D eigenvalue weighted by Gasteiger charge is 1.98. The summed E-state index contributed by atoms with van der Waals surface area (Å²) >= 11 is 1.66. The first-order chi connectivity index (χ1) is 4.90. The molecular formula is C7H7NOS. The minimum Gasteiger partial charge on any atom is -0.390 e. The summed E-state index contributed by atoms with van der Waals surface area (Å²) in [5, 5.41) is 11.9. The van der Waals surface area contributed by atoms with E-state index in [9.17, 15) is 0 Å². The zero-order valence-electron chi connectivity index (χ0n) is 5.29. The van der Waals surface area contributed by atoms with Gasteiger partial charge in [-0.2, -0.15) is 0 Å². The molecule has 0 saturated carbocycles. The van der Waals surface area contributed by atoms with Crippen LogP contribution in [0.15, 0.2) is 17.5 Å². The fourth-order valence-corrected chi connectivity index (χ4v) is 1.79. The molecule has 0 fully saturated rings. The Labute approximate surface area is 62.1 Å². The largest absolute Gasteiger partial charge is 0.390 e. The Bertz CT molecular complexity index is 307. The van der Waals surface area contributed by atoms with Crippen molar-refractivity contribution in [3.63, 3.8) is 0 Å². The first kappa shape index (κ1) is 5.95. The molecule has 0 saturated heterocycles. The molecular weight excluding hydrogens is 146 g/mol. The van der Waals surface area contributed by atoms with Gasteiger partial charge in [-0.1, -0.05) is 0 Å². The predicted molar refractivity (Wildman–Crippen MR) is 42.1 cm³/mol. The molecule has 0 radical (unpaired) electrons. The molecule has 2 N–H and O–H groups in total. The molecule has 0 bridgehead atoms. The molecule has 0 aliphatic heterocycles. The first-order valence-electron chi connectivity index (χ1n) is 3.06. The predicted octanol–water partition coefficient (Wildman–Crippen LogP) is 1.72. The van der Waals surface area contributed by atoms with Crippen molar-refractivity contribution >= 4 is 21.6 Å². The van der Waals surface area contributed by atoms with Gasteiger partial charge in [0.1, 0.15) is 0 Å². The van der Waals surface area contributed by atoms with Crippen molar-refractivity contribution in [2.24, 2.45) is 0 Å². The summed E-state index contributed by atoms with van der Waals surface area (Å²) in [6.07, 6.45) is 0. The number of aromatic nitrogens is 1. The summed E-state index contributed by atoms with van der Waals surface area (Å²) in [6, 6.07) is 4.00. The number of aliphatic hydroxyl groups excluding tert-OH is 1. The van der Waals surface area contributed by atoms with Crippen LogP contribution in [0.25, 0.3) is 10.2 Å². The van der Waals surface area contributed by atoms with Crippen molar-refractivity contribution in [3.8, 4) is 0 Å². The molecule has 0 amide bonds. The van der Waals surface area contributed by atoms with Gasteiger partial charge in [-0.15, -0.1) is 11.3 Å². The third kappa shape index (κ3) is 0.751. The van der Waals surface area contributed by atoms with Crippen molar-refractivity contribution < 1.29 is 5.11 Å². The van der Waals surface area contributed by atoms with E-state index in [1.54, 1.807) is 11.3 Å². The third-order valence-electron chi connectivity index (χ3n) is 1.47. The first-order valence-corrected chi connectivity index (χ1v) is 3.94. The summed E-state index contributed by atoms with van der Waals surface area (Å²) in [4.78, 5) is 4.24. The van der Waals surface area contributed by atoms with Gasteiger partial charge in [0.2, 0.25) is 0 Å². The molecule has 0 aromatic carbocycles. The van der Waals surface area contributed by atoms with Crippen LogP contribution in [-0.4, -0.2) is 10.1 Å². The van der Waals surface area contributed by atoms with Crippen LogP contribution in [0, 0.1) is 0 Å². The Balaban J connectivity index is 2.67. The quantitative estimate of drug-likeness (QED) is 0.643. The van der Waals surface area contributed by atoms with Gasteiger partial charge in [0.25, 0.3) is 0 Å². The average Bonchev–Trinajstić information content (AvgIpc) is 2.42. The van der Waals surface area contributed by atoms with Crippen LogP contribution in [0.4, 0.5) is 0 Å². The fraction of sp³-hybridized carbons (Fsp3) is 0.143. The second kappa shape index (κ2) is 2.11. The molecule has 10 heavy (non-hydrogen) atoms. The van der Waals surface area contributed by atoms with Gasteiger partial charge in [0.05, 0.1) is 11.4 Å². The maximum Gasteiger partial charge on any atom is 0.0999 e. The molecule has 0 atom stereocenters. The summed E-state index contributed by atoms with van der Waals surface area (Å²) in [5.41, 5.74) is 0.891. The SMILES string of the molecule is OCc1cc2ccsc2[nH]1. The van der Waals surface area contributed by atoms with Crippen LogP contribution in [-0.2, 0) is 6.61 Å². The molecule has 2 aromatic rings. The molecule has 2 aromatic heterocycles. The highest BCUT2D eigenvalue weighted by Crippen LogP contribution is 2.20. The van der Waals surface area contributed by atoms with E-state index in [2.05, 4.69) is 4.98 Å². The molecule has 52 valence electrons. The van der Waals surface area contributed by atoms with Gasteiger partial charge in [-0.05, 0) is 17.5 Å². The molecule has 0 unspecified atom stereocenters. The molecule has 0 aliphatic rings. The van der Waals surface area contributed by atoms with E-state index in [1.807, 2.05) is 17.5 Å². The summed E-state index contributed by atoms with van der Waals surface area (Å²) in [7, 11) is 0. The van der Waals surface area contributed by atoms with Crippen LogP contribution in [0.1, 0.15) is 5.69 Å². The van der Waals surface area contributed by atoms with E-state index in [-0.39, 0.29) is 6.61 Å². The maximum atomic E-state index is 8.73. The second-order valence-corrected chi connectivity index (χ2v) is 3.07. The number of fused-ring (bicyclic) bond motifs is 1. The monoisotopic (exact) mass is 153 g/mol. The van der Waals surface area contributed by atoms with E-state index >= 15 is 0 Å². The minimum atomic E-state index is 0.0986. The molecule has 2 nitrogen and oxygen atoms in total. The van der Waals surface area contributed by atoms with Gasteiger partial charge in [-0.25, -0.2) is 0 Å². The summed E-state index contributed by atoms with van der Waals surface area (Å²) in [5.74, 6) is 0. The highest BCUT2D eigenvalue weighted by atomic mass is 32.1. The number of rotatable bonds is 1. The van der Waals surface area contributed by atoms with Crippen LogP contribution in [0.3, 0.4) is 0 Å². The number of aliphatic hydroxyl groups is 1. The number of H-pyrrole nitrogens is 1. The third-order valence-corrected chi connectivity index (χ3v) is 2.32. The Morgan fingerprint density at radius 2 is 2.50 bits per heavy atom. The van der Waals surface area contributed by atoms with E-state index in [1.165, 1.54) is 5.39 Å². The molecule has 0 spiro atoms. The van der Waals surface area contributed by atoms with Gasteiger partial charge in [-0.3, -0.25) is 0 Å². The van der Waals surface area contributed by atoms with Crippen molar-refractivity contribution in [2.75, 3.05) is 0 Å². The fourth-order valence-electron chi connectivity index (χ4n) is 0.989. The van der Waals surface area contributed by atoms with Crippen molar-refractivity contribution in [3.05, 3.63) is 23.2 Å². The lowest BCUT2D eigenvalue weighted by Gasteiger charge is -1.83. The van der Waals surface area contributed by atoms with Crippen molar-refractivity contribution in [2.45, 2.75) is 6.61 Å². The van der Waals surface area contributed by atoms with Crippen molar-refractivity contribution in [1.29, 1.82) is 0 Å². The minimum absolute atomic E-state index is 0.0986. The summed E-state index contributed by atoms with van der Waals surface area (Å²) < 4.78 is 0. The van der Waals surface area contributed by atoms with E-state index in [0.29, 0.717) is 0 Å². The lowest BCUT2D eigenvalue weighted by atomic mass is 10.4. The zero-order valence-corrected chi connectivity index (χ0v) is 6.11. The number of hydrogen-bond acceptors (Lipinski definition) is 2. The zero-order chi connectivity index (χ0) is 6.97. The maximum absolute atomic E-state index is 8.73. The average molecular weight is 153 g/mol. The summed E-state index contributed by atoms with van der Waals surface area (Å²) in [6.45, 7) is 0.0986. The molecule has 2 rings (SSSR count). The van der Waals surface area contributed by atoms with E-state index in [4.69, 9.17) is 5.11 Å². The van der Waals surface area contributed by atoms with E-state index in [0.717, 1.165) is 10.5 Å². The topological polar surface area (TPSA) is 36.0 Å². The smallest absolute Gasteiger partial charge is 0.0999 e. The normalized spacial score (nSPS) is 10.9. The van der Waals surface area contributed by atoms with E-state index < -0.39 is 0 Å². The Morgan fingerprint density at radius 3 is 3.20 bits per heavy atom. The van der Waals surface area contributed by atoms with Crippen LogP contribution in [0.2, 0.25) is 0 Å². The lowest BCUT2D eigenvalue weighted by Crippen LogP contribution is -1.78. The van der Waals surface area contributed by atoms with Gasteiger partial charge in [0.15, 0.2) is 0 Å². The Kier molecular flexibility index (Phi) is 1.25. The lowest BCUT2D eigenvalue weighted by molar-refractivity contribution is 0.278. The van der Waals surface area contributed by atoms with Crippen LogP contribution < -0.4 is 0 Å². The molecule has 3 heteroatoms. The van der Waals surface area contributed by atoms with Gasteiger partial charge in [0, 0.05) is 11.1 Å². The van der Waals surface area contributed by atoms with Gasteiger partial charge < -0.3 is 10.1 Å². The number of nitrogens with one attached hydrogen (secondary N) is 1. The number of aromatic amines is 1. The second-order valence-electron chi connectivity index (χ2n) is 2.16. The highest BCUT2D eigenvalue weighted by molar-refractivity contribution is 7.16. The molecule has 0 aliphatic carbocycles. The standard InChI is InChI=1S/C7H7NOS/c9-4-6-3-5-1-2-10-7(5)8-6/h1-3,8-9H,4H2. The van der Waals surface area contributed by atoms with Crippen LogP contribution >= 0.6 is 11.3 Å². The van der Waals surface area contributed by atoms with Crippen LogP contribution in [0.5, 0.6) is 0 Å². The number of hydrogen-bond donors (Lipinski definition) is 2. The Morgan fingerprint density at radius 1 is 1.60 bits per heavy atom. The van der Waals surface area contributed by atoms with Gasteiger partial charge >= 0.3 is 0 Å².